The van der Waals surface area contributed by atoms with Crippen molar-refractivity contribution in [2.24, 2.45) is 0 Å². The SMILES string of the molecule is CN(OCCC#N)C(=O)Cc1cc(Oc2ccc(C(F)(F)F)cc2Cl)ccc1[N+](=O)[O-]. The summed E-state index contributed by atoms with van der Waals surface area (Å²) in [4.78, 5) is 27.9. The number of amides is 1. The molecule has 8 nitrogen and oxygen atoms in total. The van der Waals surface area contributed by atoms with E-state index in [0.717, 1.165) is 23.3 Å². The first kappa shape index (κ1) is 23.9. The Balaban J connectivity index is 2.24. The van der Waals surface area contributed by atoms with Gasteiger partial charge in [-0.2, -0.15) is 18.4 Å². The fourth-order valence-corrected chi connectivity index (χ4v) is 2.63. The molecule has 0 aliphatic carbocycles. The Morgan fingerprint density at radius 2 is 2.00 bits per heavy atom. The molecule has 2 rings (SSSR count). The van der Waals surface area contributed by atoms with E-state index < -0.39 is 29.0 Å². The average molecular weight is 458 g/mol. The van der Waals surface area contributed by atoms with Crippen LogP contribution in [0.3, 0.4) is 0 Å². The summed E-state index contributed by atoms with van der Waals surface area (Å²) in [5.74, 6) is -0.688. The molecule has 0 saturated carbocycles. The number of hydroxylamine groups is 2. The van der Waals surface area contributed by atoms with Crippen molar-refractivity contribution >= 4 is 23.2 Å². The summed E-state index contributed by atoms with van der Waals surface area (Å²) in [6.45, 7) is -0.0313. The molecule has 0 N–H and O–H groups in total. The molecular formula is C19H15ClF3N3O5. The number of benzene rings is 2. The van der Waals surface area contributed by atoms with Gasteiger partial charge in [0, 0.05) is 18.7 Å². The van der Waals surface area contributed by atoms with Crippen LogP contribution in [-0.4, -0.2) is 29.5 Å². The van der Waals surface area contributed by atoms with Crippen LogP contribution in [0.2, 0.25) is 5.02 Å². The smallest absolute Gasteiger partial charge is 0.416 e. The number of likely N-dealkylation sites (N-methyl/N-ethyl adjacent to an activating group) is 1. The summed E-state index contributed by atoms with van der Waals surface area (Å²) in [7, 11) is 1.30. The van der Waals surface area contributed by atoms with E-state index in [1.165, 1.54) is 19.2 Å². The quantitative estimate of drug-likeness (QED) is 0.317. The third kappa shape index (κ3) is 6.56. The molecular weight excluding hydrogens is 443 g/mol. The van der Waals surface area contributed by atoms with Crippen LogP contribution in [0.4, 0.5) is 18.9 Å². The van der Waals surface area contributed by atoms with Crippen molar-refractivity contribution in [2.75, 3.05) is 13.7 Å². The molecule has 0 bridgehead atoms. The van der Waals surface area contributed by atoms with Gasteiger partial charge >= 0.3 is 6.18 Å². The summed E-state index contributed by atoms with van der Waals surface area (Å²) in [6.07, 6.45) is -4.95. The molecule has 12 heteroatoms. The highest BCUT2D eigenvalue weighted by molar-refractivity contribution is 6.32. The first-order chi connectivity index (χ1) is 14.5. The number of nitro benzene ring substituents is 1. The minimum Gasteiger partial charge on any atom is -0.456 e. The summed E-state index contributed by atoms with van der Waals surface area (Å²) >= 11 is 5.86. The van der Waals surface area contributed by atoms with Crippen LogP contribution in [-0.2, 0) is 22.2 Å². The third-order valence-electron chi connectivity index (χ3n) is 3.93. The molecule has 2 aromatic rings. The Kier molecular flexibility index (Phi) is 7.79. The highest BCUT2D eigenvalue weighted by Crippen LogP contribution is 2.37. The minimum absolute atomic E-state index is 0.00809. The van der Waals surface area contributed by atoms with Gasteiger partial charge in [0.25, 0.3) is 11.6 Å². The fourth-order valence-electron chi connectivity index (χ4n) is 2.41. The molecule has 0 aliphatic rings. The van der Waals surface area contributed by atoms with Crippen molar-refractivity contribution in [1.82, 2.24) is 5.06 Å². The molecule has 0 aliphatic heterocycles. The van der Waals surface area contributed by atoms with Crippen LogP contribution in [0.5, 0.6) is 11.5 Å². The number of nitro groups is 1. The lowest BCUT2D eigenvalue weighted by Crippen LogP contribution is -2.29. The number of rotatable bonds is 8. The standard InChI is InChI=1S/C19H15ClF3N3O5/c1-25(30-8-2-7-24)18(27)10-12-9-14(4-5-16(12)26(28)29)31-17-6-3-13(11-15(17)20)19(21,22)23/h3-6,9,11H,2,8,10H2,1H3. The van der Waals surface area contributed by atoms with Gasteiger partial charge in [-0.05, 0) is 30.3 Å². The topological polar surface area (TPSA) is 106 Å². The van der Waals surface area contributed by atoms with Crippen molar-refractivity contribution in [3.05, 3.63) is 62.7 Å². The zero-order chi connectivity index (χ0) is 23.2. The second-order valence-corrected chi connectivity index (χ2v) is 6.51. The van der Waals surface area contributed by atoms with Crippen LogP contribution >= 0.6 is 11.6 Å². The third-order valence-corrected chi connectivity index (χ3v) is 4.22. The Hall–Kier alpha value is -3.36. The Morgan fingerprint density at radius 3 is 2.58 bits per heavy atom. The number of hydrogen-bond donors (Lipinski definition) is 0. The molecule has 164 valence electrons. The molecule has 0 spiro atoms. The normalized spacial score (nSPS) is 11.0. The zero-order valence-corrected chi connectivity index (χ0v) is 16.7. The number of carbonyl (C=O) groups excluding carboxylic acids is 1. The maximum absolute atomic E-state index is 12.8. The Labute approximate surface area is 179 Å². The van der Waals surface area contributed by atoms with E-state index >= 15 is 0 Å². The number of hydrogen-bond acceptors (Lipinski definition) is 6. The van der Waals surface area contributed by atoms with E-state index in [0.29, 0.717) is 6.07 Å². The van der Waals surface area contributed by atoms with E-state index in [2.05, 4.69) is 0 Å². The van der Waals surface area contributed by atoms with Crippen LogP contribution in [0.1, 0.15) is 17.5 Å². The van der Waals surface area contributed by atoms with Crippen molar-refractivity contribution in [3.63, 3.8) is 0 Å². The zero-order valence-electron chi connectivity index (χ0n) is 16.0. The molecule has 0 atom stereocenters. The molecule has 0 fully saturated rings. The van der Waals surface area contributed by atoms with Crippen LogP contribution in [0.25, 0.3) is 0 Å². The van der Waals surface area contributed by atoms with Crippen molar-refractivity contribution in [2.45, 2.75) is 19.0 Å². The van der Waals surface area contributed by atoms with E-state index in [9.17, 15) is 28.1 Å². The first-order valence-electron chi connectivity index (χ1n) is 8.61. The molecule has 0 saturated heterocycles. The van der Waals surface area contributed by atoms with Gasteiger partial charge in [0.2, 0.25) is 0 Å². The molecule has 0 unspecified atom stereocenters. The highest BCUT2D eigenvalue weighted by atomic mass is 35.5. The van der Waals surface area contributed by atoms with Gasteiger partial charge in [-0.1, -0.05) is 11.6 Å². The molecule has 0 radical (unpaired) electrons. The van der Waals surface area contributed by atoms with Crippen molar-refractivity contribution in [3.8, 4) is 17.6 Å². The summed E-state index contributed by atoms with van der Waals surface area (Å²) < 4.78 is 43.7. The van der Waals surface area contributed by atoms with Gasteiger partial charge in [-0.25, -0.2) is 5.06 Å². The monoisotopic (exact) mass is 457 g/mol. The summed E-state index contributed by atoms with van der Waals surface area (Å²) in [6, 6.07) is 7.89. The van der Waals surface area contributed by atoms with E-state index in [-0.39, 0.29) is 40.8 Å². The lowest BCUT2D eigenvalue weighted by molar-refractivity contribution is -0.385. The van der Waals surface area contributed by atoms with E-state index in [1.54, 1.807) is 0 Å². The number of halogens is 4. The maximum atomic E-state index is 12.8. The lowest BCUT2D eigenvalue weighted by atomic mass is 10.1. The predicted octanol–water partition coefficient (Wildman–Crippen LogP) is 4.91. The average Bonchev–Trinajstić information content (AvgIpc) is 2.68. The summed E-state index contributed by atoms with van der Waals surface area (Å²) in [5, 5.41) is 20.3. The van der Waals surface area contributed by atoms with Crippen LogP contribution in [0.15, 0.2) is 36.4 Å². The van der Waals surface area contributed by atoms with Gasteiger partial charge in [-0.3, -0.25) is 19.7 Å². The van der Waals surface area contributed by atoms with Crippen molar-refractivity contribution in [1.29, 1.82) is 5.26 Å². The molecule has 0 aromatic heterocycles. The minimum atomic E-state index is -4.58. The highest BCUT2D eigenvalue weighted by Gasteiger charge is 2.31. The molecule has 1 amide bonds. The van der Waals surface area contributed by atoms with Crippen LogP contribution in [0, 0.1) is 21.4 Å². The van der Waals surface area contributed by atoms with Gasteiger partial charge in [-0.15, -0.1) is 0 Å². The number of ether oxygens (including phenoxy) is 1. The Bertz CT molecular complexity index is 1020. The van der Waals surface area contributed by atoms with Crippen LogP contribution < -0.4 is 4.74 Å². The van der Waals surface area contributed by atoms with Gasteiger partial charge in [0.1, 0.15) is 11.5 Å². The van der Waals surface area contributed by atoms with Gasteiger partial charge < -0.3 is 4.74 Å². The number of nitrogens with zero attached hydrogens (tertiary/aromatic N) is 3. The molecule has 0 heterocycles. The van der Waals surface area contributed by atoms with E-state index in [1.807, 2.05) is 6.07 Å². The molecule has 2 aromatic carbocycles. The number of nitriles is 1. The van der Waals surface area contributed by atoms with Gasteiger partial charge in [0.15, 0.2) is 0 Å². The number of carbonyl (C=O) groups is 1. The first-order valence-corrected chi connectivity index (χ1v) is 8.99. The fraction of sp³-hybridized carbons (Fsp3) is 0.263. The Morgan fingerprint density at radius 1 is 1.29 bits per heavy atom. The lowest BCUT2D eigenvalue weighted by Gasteiger charge is -2.16. The molecule has 31 heavy (non-hydrogen) atoms. The van der Waals surface area contributed by atoms with E-state index in [4.69, 9.17) is 26.4 Å². The largest absolute Gasteiger partial charge is 0.456 e. The number of alkyl halides is 3. The second-order valence-electron chi connectivity index (χ2n) is 6.10. The van der Waals surface area contributed by atoms with Crippen molar-refractivity contribution < 1.29 is 32.5 Å². The maximum Gasteiger partial charge on any atom is 0.416 e. The summed E-state index contributed by atoms with van der Waals surface area (Å²) in [5.41, 5.74) is -1.32. The predicted molar refractivity (Wildman–Crippen MR) is 102 cm³/mol. The second kappa shape index (κ2) is 10.1. The van der Waals surface area contributed by atoms with Gasteiger partial charge in [0.05, 0.1) is 41.0 Å².